The van der Waals surface area contributed by atoms with E-state index in [-0.39, 0.29) is 0 Å². The summed E-state index contributed by atoms with van der Waals surface area (Å²) in [6.07, 6.45) is 1.55. The molecule has 1 rings (SSSR count). The van der Waals surface area contributed by atoms with E-state index in [1.165, 1.54) is 7.11 Å². The lowest BCUT2D eigenvalue weighted by atomic mass is 10.4. The number of anilines is 1. The zero-order chi connectivity index (χ0) is 8.27. The van der Waals surface area contributed by atoms with E-state index in [0.29, 0.717) is 17.3 Å². The third-order valence-corrected chi connectivity index (χ3v) is 1.28. The fraction of sp³-hybridized carbons (Fsp3) is 0.286. The Balaban J connectivity index is 2.99. The van der Waals surface area contributed by atoms with Crippen LogP contribution in [0.4, 0.5) is 5.69 Å². The van der Waals surface area contributed by atoms with Gasteiger partial charge in [-0.2, -0.15) is 0 Å². The molecule has 0 aliphatic rings. The summed E-state index contributed by atoms with van der Waals surface area (Å²) in [6.45, 7) is 0. The summed E-state index contributed by atoms with van der Waals surface area (Å²) in [7, 11) is 3.08. The molecule has 0 aliphatic carbocycles. The summed E-state index contributed by atoms with van der Waals surface area (Å²) in [5.74, 6) is 1.05. The zero-order valence-electron chi connectivity index (χ0n) is 6.50. The van der Waals surface area contributed by atoms with Gasteiger partial charge in [0.1, 0.15) is 5.75 Å². The normalized spacial score (nSPS) is 9.27. The summed E-state index contributed by atoms with van der Waals surface area (Å²) >= 11 is 0. The third kappa shape index (κ3) is 1.52. The molecular weight excluding hydrogens is 144 g/mol. The SMILES string of the molecule is COc1cnc(OC)c(N)c1. The smallest absolute Gasteiger partial charge is 0.237 e. The van der Waals surface area contributed by atoms with E-state index in [1.54, 1.807) is 19.4 Å². The van der Waals surface area contributed by atoms with Crippen LogP contribution in [0.2, 0.25) is 0 Å². The van der Waals surface area contributed by atoms with Gasteiger partial charge < -0.3 is 15.2 Å². The van der Waals surface area contributed by atoms with Crippen molar-refractivity contribution in [1.82, 2.24) is 4.98 Å². The molecule has 0 atom stereocenters. The summed E-state index contributed by atoms with van der Waals surface area (Å²) in [4.78, 5) is 3.90. The maximum absolute atomic E-state index is 5.54. The topological polar surface area (TPSA) is 57.4 Å². The Labute approximate surface area is 64.9 Å². The first kappa shape index (κ1) is 7.65. The number of aromatic nitrogens is 1. The molecule has 0 fully saturated rings. The molecule has 60 valence electrons. The molecule has 0 saturated heterocycles. The van der Waals surface area contributed by atoms with Gasteiger partial charge in [-0.25, -0.2) is 4.98 Å². The first-order valence-electron chi connectivity index (χ1n) is 3.11. The van der Waals surface area contributed by atoms with E-state index in [4.69, 9.17) is 15.2 Å². The maximum atomic E-state index is 5.54. The molecule has 0 saturated carbocycles. The Bertz CT molecular complexity index is 250. The molecule has 4 heteroatoms. The average Bonchev–Trinajstić information content (AvgIpc) is 2.04. The number of pyridine rings is 1. The van der Waals surface area contributed by atoms with Gasteiger partial charge in [0.25, 0.3) is 0 Å². The Kier molecular flexibility index (Phi) is 2.15. The fourth-order valence-electron chi connectivity index (χ4n) is 0.731. The molecule has 1 aromatic heterocycles. The van der Waals surface area contributed by atoms with E-state index in [9.17, 15) is 0 Å². The molecule has 11 heavy (non-hydrogen) atoms. The minimum atomic E-state index is 0.422. The highest BCUT2D eigenvalue weighted by molar-refractivity contribution is 5.51. The van der Waals surface area contributed by atoms with Crippen LogP contribution in [-0.2, 0) is 0 Å². The van der Waals surface area contributed by atoms with Gasteiger partial charge in [-0.1, -0.05) is 0 Å². The predicted molar refractivity (Wildman–Crippen MR) is 41.8 cm³/mol. The largest absolute Gasteiger partial charge is 0.495 e. The average molecular weight is 154 g/mol. The van der Waals surface area contributed by atoms with E-state index < -0.39 is 0 Å². The van der Waals surface area contributed by atoms with Crippen molar-refractivity contribution < 1.29 is 9.47 Å². The van der Waals surface area contributed by atoms with Gasteiger partial charge >= 0.3 is 0 Å². The van der Waals surface area contributed by atoms with Gasteiger partial charge in [0, 0.05) is 6.07 Å². The molecule has 0 radical (unpaired) electrons. The van der Waals surface area contributed by atoms with Gasteiger partial charge in [-0.05, 0) is 0 Å². The van der Waals surface area contributed by atoms with Crippen LogP contribution < -0.4 is 15.2 Å². The highest BCUT2D eigenvalue weighted by atomic mass is 16.5. The molecule has 1 heterocycles. The minimum Gasteiger partial charge on any atom is -0.495 e. The van der Waals surface area contributed by atoms with Crippen LogP contribution in [-0.4, -0.2) is 19.2 Å². The van der Waals surface area contributed by atoms with Crippen molar-refractivity contribution >= 4 is 5.69 Å². The molecule has 0 aromatic carbocycles. The second-order valence-corrected chi connectivity index (χ2v) is 1.97. The Morgan fingerprint density at radius 1 is 1.36 bits per heavy atom. The van der Waals surface area contributed by atoms with E-state index in [0.717, 1.165) is 0 Å². The van der Waals surface area contributed by atoms with Crippen LogP contribution in [0.15, 0.2) is 12.3 Å². The summed E-state index contributed by atoms with van der Waals surface area (Å²) in [5, 5.41) is 0. The Morgan fingerprint density at radius 2 is 2.09 bits per heavy atom. The maximum Gasteiger partial charge on any atom is 0.237 e. The van der Waals surface area contributed by atoms with Crippen molar-refractivity contribution in [3.8, 4) is 11.6 Å². The third-order valence-electron chi connectivity index (χ3n) is 1.28. The summed E-state index contributed by atoms with van der Waals surface area (Å²) in [6, 6.07) is 1.66. The second kappa shape index (κ2) is 3.09. The number of methoxy groups -OCH3 is 2. The van der Waals surface area contributed by atoms with Crippen LogP contribution in [0.25, 0.3) is 0 Å². The number of nitrogen functional groups attached to an aromatic ring is 1. The van der Waals surface area contributed by atoms with Crippen molar-refractivity contribution in [3.05, 3.63) is 12.3 Å². The molecule has 4 nitrogen and oxygen atoms in total. The van der Waals surface area contributed by atoms with Crippen molar-refractivity contribution in [3.63, 3.8) is 0 Å². The lowest BCUT2D eigenvalue weighted by Crippen LogP contribution is -1.95. The first-order valence-corrected chi connectivity index (χ1v) is 3.11. The summed E-state index contributed by atoms with van der Waals surface area (Å²) < 4.78 is 9.75. The van der Waals surface area contributed by atoms with Gasteiger partial charge in [0.05, 0.1) is 26.1 Å². The number of nitrogens with zero attached hydrogens (tertiary/aromatic N) is 1. The monoisotopic (exact) mass is 154 g/mol. The molecule has 0 amide bonds. The molecule has 2 N–H and O–H groups in total. The highest BCUT2D eigenvalue weighted by Crippen LogP contribution is 2.21. The van der Waals surface area contributed by atoms with Crippen LogP contribution >= 0.6 is 0 Å². The van der Waals surface area contributed by atoms with Crippen LogP contribution in [0.1, 0.15) is 0 Å². The van der Waals surface area contributed by atoms with Crippen molar-refractivity contribution in [2.75, 3.05) is 20.0 Å². The lowest BCUT2D eigenvalue weighted by molar-refractivity contribution is 0.390. The number of nitrogens with two attached hydrogens (primary N) is 1. The van der Waals surface area contributed by atoms with Gasteiger partial charge in [-0.3, -0.25) is 0 Å². The quantitative estimate of drug-likeness (QED) is 0.680. The molecule has 0 aliphatic heterocycles. The van der Waals surface area contributed by atoms with Crippen molar-refractivity contribution in [1.29, 1.82) is 0 Å². The zero-order valence-corrected chi connectivity index (χ0v) is 6.50. The lowest BCUT2D eigenvalue weighted by Gasteiger charge is -2.03. The standard InChI is InChI=1S/C7H10N2O2/c1-10-5-3-6(8)7(11-2)9-4-5/h3-4H,8H2,1-2H3. The summed E-state index contributed by atoms with van der Waals surface area (Å²) in [5.41, 5.74) is 6.02. The molecule has 0 unspecified atom stereocenters. The molecule has 0 spiro atoms. The van der Waals surface area contributed by atoms with E-state index >= 15 is 0 Å². The van der Waals surface area contributed by atoms with Crippen molar-refractivity contribution in [2.24, 2.45) is 0 Å². The second-order valence-electron chi connectivity index (χ2n) is 1.97. The van der Waals surface area contributed by atoms with Crippen molar-refractivity contribution in [2.45, 2.75) is 0 Å². The first-order chi connectivity index (χ1) is 5.27. The number of hydrogen-bond donors (Lipinski definition) is 1. The van der Waals surface area contributed by atoms with E-state index in [2.05, 4.69) is 4.98 Å². The van der Waals surface area contributed by atoms with Gasteiger partial charge in [0.2, 0.25) is 5.88 Å². The Hall–Kier alpha value is -1.45. The molecule has 1 aromatic rings. The number of ether oxygens (including phenoxy) is 2. The minimum absolute atomic E-state index is 0.422. The Morgan fingerprint density at radius 3 is 2.55 bits per heavy atom. The molecular formula is C7H10N2O2. The van der Waals surface area contributed by atoms with Gasteiger partial charge in [0.15, 0.2) is 0 Å². The van der Waals surface area contributed by atoms with Crippen LogP contribution in [0.3, 0.4) is 0 Å². The van der Waals surface area contributed by atoms with Crippen LogP contribution in [0, 0.1) is 0 Å². The highest BCUT2D eigenvalue weighted by Gasteiger charge is 2.00. The predicted octanol–water partition coefficient (Wildman–Crippen LogP) is 0.681. The molecule has 0 bridgehead atoms. The fourth-order valence-corrected chi connectivity index (χ4v) is 0.731. The van der Waals surface area contributed by atoms with Crippen LogP contribution in [0.5, 0.6) is 11.6 Å². The number of rotatable bonds is 2. The van der Waals surface area contributed by atoms with E-state index in [1.807, 2.05) is 0 Å². The number of hydrogen-bond acceptors (Lipinski definition) is 4. The van der Waals surface area contributed by atoms with Gasteiger partial charge in [-0.15, -0.1) is 0 Å².